The van der Waals surface area contributed by atoms with Crippen LogP contribution in [0.1, 0.15) is 17.5 Å². The van der Waals surface area contributed by atoms with Gasteiger partial charge in [0.25, 0.3) is 0 Å². The van der Waals surface area contributed by atoms with Crippen molar-refractivity contribution < 1.29 is 19.4 Å². The fourth-order valence-corrected chi connectivity index (χ4v) is 1.78. The molecule has 0 heterocycles. The van der Waals surface area contributed by atoms with Crippen LogP contribution in [-0.4, -0.2) is 42.6 Å². The molecule has 0 aromatic heterocycles. The molecule has 1 rings (SSSR count). The van der Waals surface area contributed by atoms with Crippen molar-refractivity contribution in [2.45, 2.75) is 19.8 Å². The number of likely N-dealkylation sites (N-methyl/N-ethyl adjacent to an activating group) is 1. The first-order valence-corrected chi connectivity index (χ1v) is 6.03. The molecule has 0 atom stereocenters. The van der Waals surface area contributed by atoms with Gasteiger partial charge in [-0.15, -0.1) is 0 Å². The van der Waals surface area contributed by atoms with Gasteiger partial charge < -0.3 is 14.7 Å². The van der Waals surface area contributed by atoms with Crippen molar-refractivity contribution in [2.75, 3.05) is 20.7 Å². The first kappa shape index (κ1) is 15.0. The van der Waals surface area contributed by atoms with Crippen molar-refractivity contribution in [3.05, 3.63) is 29.3 Å². The average Bonchev–Trinajstić information content (AvgIpc) is 2.35. The van der Waals surface area contributed by atoms with E-state index in [0.717, 1.165) is 16.9 Å². The maximum atomic E-state index is 11.7. The lowest BCUT2D eigenvalue weighted by atomic mass is 10.1. The second-order valence-electron chi connectivity index (χ2n) is 4.46. The van der Waals surface area contributed by atoms with E-state index >= 15 is 0 Å². The third-order valence-electron chi connectivity index (χ3n) is 2.85. The maximum Gasteiger partial charge on any atom is 0.323 e. The van der Waals surface area contributed by atoms with E-state index in [1.807, 2.05) is 25.1 Å². The fourth-order valence-electron chi connectivity index (χ4n) is 1.78. The third kappa shape index (κ3) is 4.62. The van der Waals surface area contributed by atoms with Gasteiger partial charge in [-0.25, -0.2) is 0 Å². The van der Waals surface area contributed by atoms with Gasteiger partial charge in [0.2, 0.25) is 5.91 Å². The zero-order chi connectivity index (χ0) is 14.4. The number of carboxylic acid groups (broad SMARTS) is 1. The minimum absolute atomic E-state index is 0.190. The molecular formula is C14H19NO4. The van der Waals surface area contributed by atoms with Crippen molar-refractivity contribution in [1.29, 1.82) is 0 Å². The molecule has 0 unspecified atom stereocenters. The van der Waals surface area contributed by atoms with Gasteiger partial charge in [-0.1, -0.05) is 12.1 Å². The molecule has 0 spiro atoms. The Bertz CT molecular complexity index is 471. The standard InChI is InChI=1S/C14H19NO4/c1-10-4-5-11(12(8-10)19-3)6-7-13(16)15(2)9-14(17)18/h4-5,8H,6-7,9H2,1-3H3,(H,17,18). The Balaban J connectivity index is 2.61. The van der Waals surface area contributed by atoms with E-state index in [9.17, 15) is 9.59 Å². The summed E-state index contributed by atoms with van der Waals surface area (Å²) >= 11 is 0. The van der Waals surface area contributed by atoms with Crippen LogP contribution < -0.4 is 4.74 Å². The molecule has 0 aliphatic rings. The summed E-state index contributed by atoms with van der Waals surface area (Å²) < 4.78 is 5.26. The Labute approximate surface area is 112 Å². The molecule has 0 saturated carbocycles. The molecule has 19 heavy (non-hydrogen) atoms. The zero-order valence-corrected chi connectivity index (χ0v) is 11.5. The van der Waals surface area contributed by atoms with Crippen LogP contribution in [0.4, 0.5) is 0 Å². The Morgan fingerprint density at radius 2 is 2.05 bits per heavy atom. The van der Waals surface area contributed by atoms with Crippen LogP contribution in [0.3, 0.4) is 0 Å². The summed E-state index contributed by atoms with van der Waals surface area (Å²) in [5, 5.41) is 8.62. The first-order valence-electron chi connectivity index (χ1n) is 6.03. The number of carboxylic acids is 1. The number of aliphatic carboxylic acids is 1. The Hall–Kier alpha value is -2.04. The van der Waals surface area contributed by atoms with Crippen LogP contribution in [0.5, 0.6) is 5.75 Å². The number of aryl methyl sites for hydroxylation is 2. The predicted molar refractivity (Wildman–Crippen MR) is 71.3 cm³/mol. The Morgan fingerprint density at radius 1 is 1.37 bits per heavy atom. The molecule has 0 radical (unpaired) electrons. The van der Waals surface area contributed by atoms with Gasteiger partial charge >= 0.3 is 5.97 Å². The Morgan fingerprint density at radius 3 is 2.63 bits per heavy atom. The number of ether oxygens (including phenoxy) is 1. The molecule has 5 heteroatoms. The van der Waals surface area contributed by atoms with E-state index in [2.05, 4.69) is 0 Å². The summed E-state index contributed by atoms with van der Waals surface area (Å²) in [6.45, 7) is 1.70. The highest BCUT2D eigenvalue weighted by Crippen LogP contribution is 2.21. The molecule has 5 nitrogen and oxygen atoms in total. The van der Waals surface area contributed by atoms with Crippen molar-refractivity contribution in [1.82, 2.24) is 4.90 Å². The number of rotatable bonds is 6. The second kappa shape index (κ2) is 6.78. The predicted octanol–water partition coefficient (Wildman–Crippen LogP) is 1.48. The number of carbonyl (C=O) groups is 2. The van der Waals surface area contributed by atoms with Gasteiger partial charge in [0.05, 0.1) is 7.11 Å². The third-order valence-corrected chi connectivity index (χ3v) is 2.85. The quantitative estimate of drug-likeness (QED) is 0.846. The second-order valence-corrected chi connectivity index (χ2v) is 4.46. The van der Waals surface area contributed by atoms with Crippen LogP contribution in [-0.2, 0) is 16.0 Å². The SMILES string of the molecule is COc1cc(C)ccc1CCC(=O)N(C)CC(=O)O. The van der Waals surface area contributed by atoms with Gasteiger partial charge in [-0.3, -0.25) is 9.59 Å². The molecule has 0 aliphatic heterocycles. The van der Waals surface area contributed by atoms with Crippen LogP contribution >= 0.6 is 0 Å². The lowest BCUT2D eigenvalue weighted by Gasteiger charge is -2.15. The lowest BCUT2D eigenvalue weighted by Crippen LogP contribution is -2.32. The lowest BCUT2D eigenvalue weighted by molar-refractivity contribution is -0.143. The number of carbonyl (C=O) groups excluding carboxylic acids is 1. The number of benzene rings is 1. The van der Waals surface area contributed by atoms with Gasteiger partial charge in [0, 0.05) is 13.5 Å². The first-order chi connectivity index (χ1) is 8.93. The summed E-state index contributed by atoms with van der Waals surface area (Å²) in [5.41, 5.74) is 2.04. The molecule has 1 N–H and O–H groups in total. The monoisotopic (exact) mass is 265 g/mol. The molecule has 0 saturated heterocycles. The molecule has 0 aliphatic carbocycles. The number of nitrogens with zero attached hydrogens (tertiary/aromatic N) is 1. The van der Waals surface area contributed by atoms with Crippen LogP contribution in [0, 0.1) is 6.92 Å². The minimum atomic E-state index is -1.01. The van der Waals surface area contributed by atoms with Gasteiger partial charge in [-0.05, 0) is 30.5 Å². The molecular weight excluding hydrogens is 246 g/mol. The summed E-state index contributed by atoms with van der Waals surface area (Å²) in [4.78, 5) is 23.5. The molecule has 1 amide bonds. The maximum absolute atomic E-state index is 11.7. The van der Waals surface area contributed by atoms with Crippen LogP contribution in [0.2, 0.25) is 0 Å². The highest BCUT2D eigenvalue weighted by Gasteiger charge is 2.13. The summed E-state index contributed by atoms with van der Waals surface area (Å²) in [5.74, 6) is -0.442. The number of amides is 1. The van der Waals surface area contributed by atoms with E-state index in [4.69, 9.17) is 9.84 Å². The summed E-state index contributed by atoms with van der Waals surface area (Å²) in [7, 11) is 3.08. The highest BCUT2D eigenvalue weighted by atomic mass is 16.5. The molecule has 1 aromatic rings. The molecule has 0 bridgehead atoms. The van der Waals surface area contributed by atoms with Crippen molar-refractivity contribution in [3.63, 3.8) is 0 Å². The van der Waals surface area contributed by atoms with Crippen molar-refractivity contribution in [2.24, 2.45) is 0 Å². The minimum Gasteiger partial charge on any atom is -0.496 e. The molecule has 1 aromatic carbocycles. The number of hydrogen-bond acceptors (Lipinski definition) is 3. The van der Waals surface area contributed by atoms with E-state index < -0.39 is 5.97 Å². The van der Waals surface area contributed by atoms with Crippen LogP contribution in [0.15, 0.2) is 18.2 Å². The van der Waals surface area contributed by atoms with E-state index in [0.29, 0.717) is 6.42 Å². The fraction of sp³-hybridized carbons (Fsp3) is 0.429. The topological polar surface area (TPSA) is 66.8 Å². The van der Waals surface area contributed by atoms with Gasteiger partial charge in [0.1, 0.15) is 12.3 Å². The smallest absolute Gasteiger partial charge is 0.323 e. The van der Waals surface area contributed by atoms with Crippen LogP contribution in [0.25, 0.3) is 0 Å². The number of methoxy groups -OCH3 is 1. The highest BCUT2D eigenvalue weighted by molar-refractivity contribution is 5.81. The van der Waals surface area contributed by atoms with Crippen molar-refractivity contribution >= 4 is 11.9 Å². The summed E-state index contributed by atoms with van der Waals surface area (Å²) in [6, 6.07) is 5.81. The average molecular weight is 265 g/mol. The largest absolute Gasteiger partial charge is 0.496 e. The molecule has 0 fully saturated rings. The van der Waals surface area contributed by atoms with Gasteiger partial charge in [-0.2, -0.15) is 0 Å². The number of hydrogen-bond donors (Lipinski definition) is 1. The molecule has 104 valence electrons. The normalized spacial score (nSPS) is 10.1. The van der Waals surface area contributed by atoms with E-state index in [1.54, 1.807) is 7.11 Å². The van der Waals surface area contributed by atoms with Crippen molar-refractivity contribution in [3.8, 4) is 5.75 Å². The van der Waals surface area contributed by atoms with Gasteiger partial charge in [0.15, 0.2) is 0 Å². The van der Waals surface area contributed by atoms with E-state index in [1.165, 1.54) is 11.9 Å². The zero-order valence-electron chi connectivity index (χ0n) is 11.5. The summed E-state index contributed by atoms with van der Waals surface area (Å²) in [6.07, 6.45) is 0.801. The van der Waals surface area contributed by atoms with E-state index in [-0.39, 0.29) is 18.9 Å². The Kier molecular flexibility index (Phi) is 5.36.